The van der Waals surface area contributed by atoms with Crippen molar-refractivity contribution in [3.8, 4) is 5.75 Å². The smallest absolute Gasteiger partial charge is 0.241 e. The molecule has 1 atom stereocenters. The van der Waals surface area contributed by atoms with E-state index in [4.69, 9.17) is 4.74 Å². The lowest BCUT2D eigenvalue weighted by Crippen LogP contribution is -2.34. The maximum atomic E-state index is 12.9. The molecule has 0 saturated heterocycles. The summed E-state index contributed by atoms with van der Waals surface area (Å²) >= 11 is 0. The highest BCUT2D eigenvalue weighted by molar-refractivity contribution is 7.89. The lowest BCUT2D eigenvalue weighted by Gasteiger charge is -2.25. The quantitative estimate of drug-likeness (QED) is 0.768. The average molecular weight is 368 g/mol. The molecule has 0 spiro atoms. The summed E-state index contributed by atoms with van der Waals surface area (Å²) in [5, 5.41) is 0.644. The van der Waals surface area contributed by atoms with Crippen LogP contribution in [0.4, 0.5) is 0 Å². The van der Waals surface area contributed by atoms with E-state index in [1.165, 1.54) is 0 Å². The normalized spacial score (nSPS) is 16.9. The largest absolute Gasteiger partial charge is 0.493 e. The molecule has 0 amide bonds. The summed E-state index contributed by atoms with van der Waals surface area (Å²) < 4.78 is 34.2. The Morgan fingerprint density at radius 3 is 2.88 bits per heavy atom. The summed E-state index contributed by atoms with van der Waals surface area (Å²) in [6.45, 7) is 2.78. The first-order valence-electron chi connectivity index (χ1n) is 8.59. The van der Waals surface area contributed by atoms with Crippen LogP contribution in [0, 0.1) is 12.8 Å². The van der Waals surface area contributed by atoms with E-state index >= 15 is 0 Å². The number of nitrogens with zero attached hydrogens (tertiary/aromatic N) is 1. The first kappa shape index (κ1) is 17.0. The van der Waals surface area contributed by atoms with Crippen molar-refractivity contribution in [3.05, 3.63) is 65.9 Å². The van der Waals surface area contributed by atoms with Crippen molar-refractivity contribution in [2.75, 3.05) is 13.2 Å². The van der Waals surface area contributed by atoms with Crippen LogP contribution in [0.1, 0.15) is 11.1 Å². The van der Waals surface area contributed by atoms with Gasteiger partial charge in [-0.2, -0.15) is 0 Å². The number of sulfonamides is 1. The van der Waals surface area contributed by atoms with Gasteiger partial charge in [-0.25, -0.2) is 13.1 Å². The van der Waals surface area contributed by atoms with Crippen molar-refractivity contribution in [3.63, 3.8) is 0 Å². The molecule has 5 nitrogen and oxygen atoms in total. The van der Waals surface area contributed by atoms with E-state index < -0.39 is 10.0 Å². The van der Waals surface area contributed by atoms with E-state index in [1.54, 1.807) is 30.5 Å². The van der Waals surface area contributed by atoms with E-state index in [1.807, 2.05) is 31.2 Å². The Bertz CT molecular complexity index is 1060. The van der Waals surface area contributed by atoms with E-state index in [0.717, 1.165) is 23.3 Å². The van der Waals surface area contributed by atoms with Gasteiger partial charge in [-0.3, -0.25) is 4.98 Å². The molecular formula is C20H20N2O3S. The van der Waals surface area contributed by atoms with E-state index in [-0.39, 0.29) is 10.8 Å². The fourth-order valence-electron chi connectivity index (χ4n) is 3.35. The van der Waals surface area contributed by atoms with Gasteiger partial charge in [0, 0.05) is 24.0 Å². The third-order valence-electron chi connectivity index (χ3n) is 4.74. The molecule has 1 aromatic heterocycles. The zero-order valence-electron chi connectivity index (χ0n) is 14.5. The summed E-state index contributed by atoms with van der Waals surface area (Å²) in [6, 6.07) is 14.9. The minimum absolute atomic E-state index is 0.106. The van der Waals surface area contributed by atoms with Gasteiger partial charge in [0.1, 0.15) is 5.75 Å². The molecule has 0 bridgehead atoms. The predicted molar refractivity (Wildman–Crippen MR) is 101 cm³/mol. The summed E-state index contributed by atoms with van der Waals surface area (Å²) in [6.07, 6.45) is 2.48. The third kappa shape index (κ3) is 3.18. The summed E-state index contributed by atoms with van der Waals surface area (Å²) in [7, 11) is -3.63. The fourth-order valence-corrected chi connectivity index (χ4v) is 4.66. The Hall–Kier alpha value is -2.44. The number of para-hydroxylation sites is 1. The SMILES string of the molecule is Cc1ccc(S(=O)(=O)NCC2COc3ccccc3C2)c2cccnc12. The number of ether oxygens (including phenoxy) is 1. The molecule has 3 aromatic rings. The molecule has 0 aliphatic carbocycles. The van der Waals surface area contributed by atoms with Gasteiger partial charge < -0.3 is 4.74 Å². The van der Waals surface area contributed by atoms with Crippen LogP contribution in [-0.4, -0.2) is 26.6 Å². The van der Waals surface area contributed by atoms with Crippen molar-refractivity contribution in [2.24, 2.45) is 5.92 Å². The van der Waals surface area contributed by atoms with Crippen LogP contribution in [-0.2, 0) is 16.4 Å². The number of fused-ring (bicyclic) bond motifs is 2. The maximum absolute atomic E-state index is 12.9. The van der Waals surface area contributed by atoms with Crippen LogP contribution in [0.25, 0.3) is 10.9 Å². The maximum Gasteiger partial charge on any atom is 0.241 e. The Balaban J connectivity index is 1.55. The zero-order chi connectivity index (χ0) is 18.1. The fraction of sp³-hybridized carbons (Fsp3) is 0.250. The molecule has 0 radical (unpaired) electrons. The Morgan fingerprint density at radius 1 is 1.15 bits per heavy atom. The first-order chi connectivity index (χ1) is 12.5. The second-order valence-electron chi connectivity index (χ2n) is 6.62. The van der Waals surface area contributed by atoms with Crippen LogP contribution in [0.2, 0.25) is 0 Å². The van der Waals surface area contributed by atoms with Crippen LogP contribution >= 0.6 is 0 Å². The lowest BCUT2D eigenvalue weighted by molar-refractivity contribution is 0.223. The molecule has 26 heavy (non-hydrogen) atoms. The first-order valence-corrected chi connectivity index (χ1v) is 10.1. The van der Waals surface area contributed by atoms with E-state index in [9.17, 15) is 8.42 Å². The van der Waals surface area contributed by atoms with Crippen LogP contribution in [0.3, 0.4) is 0 Å². The van der Waals surface area contributed by atoms with Crippen molar-refractivity contribution >= 4 is 20.9 Å². The van der Waals surface area contributed by atoms with E-state index in [0.29, 0.717) is 24.1 Å². The molecule has 2 heterocycles. The highest BCUT2D eigenvalue weighted by Crippen LogP contribution is 2.27. The Kier molecular flexibility index (Phi) is 4.38. The minimum Gasteiger partial charge on any atom is -0.493 e. The van der Waals surface area contributed by atoms with Gasteiger partial charge >= 0.3 is 0 Å². The van der Waals surface area contributed by atoms with Crippen molar-refractivity contribution in [2.45, 2.75) is 18.2 Å². The number of pyridine rings is 1. The number of hydrogen-bond donors (Lipinski definition) is 1. The van der Waals surface area contributed by atoms with Crippen LogP contribution in [0.15, 0.2) is 59.6 Å². The van der Waals surface area contributed by atoms with Crippen molar-refractivity contribution in [1.82, 2.24) is 9.71 Å². The molecule has 0 fully saturated rings. The molecule has 1 unspecified atom stereocenters. The van der Waals surface area contributed by atoms with Crippen LogP contribution < -0.4 is 9.46 Å². The molecule has 1 aliphatic heterocycles. The molecule has 6 heteroatoms. The number of aromatic nitrogens is 1. The topological polar surface area (TPSA) is 68.3 Å². The molecule has 2 aromatic carbocycles. The number of rotatable bonds is 4. The number of hydrogen-bond acceptors (Lipinski definition) is 4. The molecule has 134 valence electrons. The van der Waals surface area contributed by atoms with Gasteiger partial charge in [0.15, 0.2) is 0 Å². The van der Waals surface area contributed by atoms with Crippen molar-refractivity contribution < 1.29 is 13.2 Å². The lowest BCUT2D eigenvalue weighted by atomic mass is 9.97. The highest BCUT2D eigenvalue weighted by atomic mass is 32.2. The van der Waals surface area contributed by atoms with Crippen molar-refractivity contribution in [1.29, 1.82) is 0 Å². The molecular weight excluding hydrogens is 348 g/mol. The Labute approximate surface area is 153 Å². The average Bonchev–Trinajstić information content (AvgIpc) is 2.66. The van der Waals surface area contributed by atoms with Crippen LogP contribution in [0.5, 0.6) is 5.75 Å². The Morgan fingerprint density at radius 2 is 2.00 bits per heavy atom. The highest BCUT2D eigenvalue weighted by Gasteiger charge is 2.23. The summed E-state index contributed by atoms with van der Waals surface area (Å²) in [5.74, 6) is 0.997. The number of aryl methyl sites for hydroxylation is 1. The van der Waals surface area contributed by atoms with Gasteiger partial charge in [-0.05, 0) is 48.7 Å². The second kappa shape index (κ2) is 6.70. The van der Waals surface area contributed by atoms with Gasteiger partial charge in [-0.1, -0.05) is 24.3 Å². The molecule has 1 aliphatic rings. The molecule has 4 rings (SSSR count). The van der Waals surface area contributed by atoms with E-state index in [2.05, 4.69) is 9.71 Å². The second-order valence-corrected chi connectivity index (χ2v) is 8.36. The molecule has 0 saturated carbocycles. The number of nitrogens with one attached hydrogen (secondary N) is 1. The number of benzene rings is 2. The zero-order valence-corrected chi connectivity index (χ0v) is 15.3. The van der Waals surface area contributed by atoms with Gasteiger partial charge in [-0.15, -0.1) is 0 Å². The van der Waals surface area contributed by atoms with Gasteiger partial charge in [0.25, 0.3) is 0 Å². The van der Waals surface area contributed by atoms with Gasteiger partial charge in [0.05, 0.1) is 17.0 Å². The monoisotopic (exact) mass is 368 g/mol. The molecule has 1 N–H and O–H groups in total. The standard InChI is InChI=1S/C20H20N2O3S/c1-14-8-9-19(17-6-4-10-21-20(14)17)26(23,24)22-12-15-11-16-5-2-3-7-18(16)25-13-15/h2-10,15,22H,11-13H2,1H3. The summed E-state index contributed by atoms with van der Waals surface area (Å²) in [4.78, 5) is 4.58. The third-order valence-corrected chi connectivity index (χ3v) is 6.22. The summed E-state index contributed by atoms with van der Waals surface area (Å²) in [5.41, 5.74) is 2.79. The predicted octanol–water partition coefficient (Wildman–Crippen LogP) is 3.07. The minimum atomic E-state index is -3.63. The van der Waals surface area contributed by atoms with Gasteiger partial charge in [0.2, 0.25) is 10.0 Å².